The molecule has 1 aromatic carbocycles. The van der Waals surface area contributed by atoms with E-state index in [4.69, 9.17) is 5.26 Å². The van der Waals surface area contributed by atoms with Crippen LogP contribution in [-0.4, -0.2) is 28.9 Å². The van der Waals surface area contributed by atoms with Crippen molar-refractivity contribution in [1.82, 2.24) is 4.90 Å². The Morgan fingerprint density at radius 1 is 1.47 bits per heavy atom. The van der Waals surface area contributed by atoms with E-state index in [0.29, 0.717) is 13.1 Å². The fourth-order valence-corrected chi connectivity index (χ4v) is 1.56. The maximum absolute atomic E-state index is 11.8. The SMILES string of the molecule is CCN(CC)C(=O)Nc1ccc(C#N)cc1[N+](=O)[O-]. The summed E-state index contributed by atoms with van der Waals surface area (Å²) < 4.78 is 0. The summed E-state index contributed by atoms with van der Waals surface area (Å²) in [4.78, 5) is 23.6. The Labute approximate surface area is 110 Å². The van der Waals surface area contributed by atoms with Gasteiger partial charge in [0, 0.05) is 19.2 Å². The number of nitrogens with one attached hydrogen (secondary N) is 1. The lowest BCUT2D eigenvalue weighted by molar-refractivity contribution is -0.383. The van der Waals surface area contributed by atoms with E-state index < -0.39 is 11.0 Å². The lowest BCUT2D eigenvalue weighted by Crippen LogP contribution is -2.34. The normalized spacial score (nSPS) is 9.53. The number of hydrogen-bond donors (Lipinski definition) is 1. The van der Waals surface area contributed by atoms with Gasteiger partial charge in [0.05, 0.1) is 16.6 Å². The number of amides is 2. The standard InChI is InChI=1S/C12H14N4O3/c1-3-15(4-2)12(17)14-10-6-5-9(8-13)7-11(10)16(18)19/h5-7H,3-4H2,1-2H3,(H,14,17). The van der Waals surface area contributed by atoms with Crippen molar-refractivity contribution in [3.8, 4) is 6.07 Å². The molecule has 0 saturated heterocycles. The minimum Gasteiger partial charge on any atom is -0.325 e. The van der Waals surface area contributed by atoms with Gasteiger partial charge in [0.25, 0.3) is 5.69 Å². The number of urea groups is 1. The van der Waals surface area contributed by atoms with Crippen molar-refractivity contribution in [2.75, 3.05) is 18.4 Å². The maximum Gasteiger partial charge on any atom is 0.322 e. The van der Waals surface area contributed by atoms with Crippen molar-refractivity contribution in [2.45, 2.75) is 13.8 Å². The second-order valence-corrected chi connectivity index (χ2v) is 3.70. The van der Waals surface area contributed by atoms with E-state index in [1.165, 1.54) is 17.0 Å². The lowest BCUT2D eigenvalue weighted by Gasteiger charge is -2.19. The van der Waals surface area contributed by atoms with Crippen molar-refractivity contribution >= 4 is 17.4 Å². The zero-order valence-electron chi connectivity index (χ0n) is 10.7. The molecule has 2 amide bonds. The molecule has 0 radical (unpaired) electrons. The zero-order valence-corrected chi connectivity index (χ0v) is 10.7. The molecule has 0 aliphatic rings. The second kappa shape index (κ2) is 6.35. The van der Waals surface area contributed by atoms with E-state index in [2.05, 4.69) is 5.32 Å². The summed E-state index contributed by atoms with van der Waals surface area (Å²) in [6.45, 7) is 4.64. The van der Waals surface area contributed by atoms with E-state index in [1.807, 2.05) is 19.9 Å². The largest absolute Gasteiger partial charge is 0.325 e. The molecular formula is C12H14N4O3. The van der Waals surface area contributed by atoms with E-state index in [-0.39, 0.29) is 16.9 Å². The molecule has 1 rings (SSSR count). The van der Waals surface area contributed by atoms with Gasteiger partial charge in [-0.05, 0) is 26.0 Å². The quantitative estimate of drug-likeness (QED) is 0.664. The van der Waals surface area contributed by atoms with Crippen LogP contribution in [0.3, 0.4) is 0 Å². The first-order chi connectivity index (χ1) is 9.03. The van der Waals surface area contributed by atoms with E-state index in [9.17, 15) is 14.9 Å². The number of hydrogen-bond acceptors (Lipinski definition) is 4. The van der Waals surface area contributed by atoms with Crippen LogP contribution >= 0.6 is 0 Å². The van der Waals surface area contributed by atoms with Gasteiger partial charge >= 0.3 is 6.03 Å². The highest BCUT2D eigenvalue weighted by atomic mass is 16.6. The average Bonchev–Trinajstić information content (AvgIpc) is 2.40. The number of nitro groups is 1. The average molecular weight is 262 g/mol. The van der Waals surface area contributed by atoms with Gasteiger partial charge in [0.2, 0.25) is 0 Å². The Balaban J connectivity index is 3.04. The van der Waals surface area contributed by atoms with Crippen molar-refractivity contribution in [3.63, 3.8) is 0 Å². The Morgan fingerprint density at radius 3 is 2.58 bits per heavy atom. The van der Waals surface area contributed by atoms with Crippen LogP contribution in [0.4, 0.5) is 16.2 Å². The molecule has 1 N–H and O–H groups in total. The number of carbonyl (C=O) groups excluding carboxylic acids is 1. The van der Waals surface area contributed by atoms with Gasteiger partial charge in [-0.3, -0.25) is 10.1 Å². The lowest BCUT2D eigenvalue weighted by atomic mass is 10.2. The van der Waals surface area contributed by atoms with Gasteiger partial charge in [0.1, 0.15) is 5.69 Å². The molecule has 1 aromatic rings. The van der Waals surface area contributed by atoms with Crippen LogP contribution in [0.1, 0.15) is 19.4 Å². The molecule has 0 spiro atoms. The summed E-state index contributed by atoms with van der Waals surface area (Å²) in [6, 6.07) is 5.33. The Bertz CT molecular complexity index is 532. The zero-order chi connectivity index (χ0) is 14.4. The molecule has 7 nitrogen and oxygen atoms in total. The first-order valence-electron chi connectivity index (χ1n) is 5.77. The third-order valence-electron chi connectivity index (χ3n) is 2.62. The summed E-state index contributed by atoms with van der Waals surface area (Å²) in [7, 11) is 0. The Kier molecular flexibility index (Phi) is 4.83. The first kappa shape index (κ1) is 14.4. The molecule has 0 fully saturated rings. The molecule has 0 atom stereocenters. The van der Waals surface area contributed by atoms with Crippen molar-refractivity contribution in [2.24, 2.45) is 0 Å². The monoisotopic (exact) mass is 262 g/mol. The van der Waals surface area contributed by atoms with Crippen LogP contribution in [0.2, 0.25) is 0 Å². The van der Waals surface area contributed by atoms with Gasteiger partial charge in [-0.25, -0.2) is 4.79 Å². The summed E-state index contributed by atoms with van der Waals surface area (Å²) in [5.74, 6) is 0. The topological polar surface area (TPSA) is 99.3 Å². The summed E-state index contributed by atoms with van der Waals surface area (Å²) in [5.41, 5.74) is -0.0343. The van der Waals surface area contributed by atoms with Gasteiger partial charge in [-0.15, -0.1) is 0 Å². The highest BCUT2D eigenvalue weighted by Crippen LogP contribution is 2.25. The third-order valence-corrected chi connectivity index (χ3v) is 2.62. The van der Waals surface area contributed by atoms with Crippen molar-refractivity contribution in [1.29, 1.82) is 5.26 Å². The van der Waals surface area contributed by atoms with Crippen LogP contribution in [-0.2, 0) is 0 Å². The fraction of sp³-hybridized carbons (Fsp3) is 0.333. The predicted octanol–water partition coefficient (Wildman–Crippen LogP) is 2.34. The van der Waals surface area contributed by atoms with Crippen LogP contribution in [0.15, 0.2) is 18.2 Å². The van der Waals surface area contributed by atoms with Crippen LogP contribution in [0.5, 0.6) is 0 Å². The molecule has 0 bridgehead atoms. The number of rotatable bonds is 4. The van der Waals surface area contributed by atoms with Gasteiger partial charge in [0.15, 0.2) is 0 Å². The number of anilines is 1. The maximum atomic E-state index is 11.8. The molecule has 100 valence electrons. The Morgan fingerprint density at radius 2 is 2.11 bits per heavy atom. The number of nitriles is 1. The van der Waals surface area contributed by atoms with Gasteiger partial charge in [-0.2, -0.15) is 5.26 Å². The van der Waals surface area contributed by atoms with Gasteiger partial charge in [-0.1, -0.05) is 0 Å². The highest BCUT2D eigenvalue weighted by molar-refractivity contribution is 5.92. The smallest absolute Gasteiger partial charge is 0.322 e. The second-order valence-electron chi connectivity index (χ2n) is 3.70. The molecule has 0 aromatic heterocycles. The summed E-state index contributed by atoms with van der Waals surface area (Å²) in [5, 5.41) is 22.1. The Hall–Kier alpha value is -2.62. The van der Waals surface area contributed by atoms with E-state index >= 15 is 0 Å². The van der Waals surface area contributed by atoms with E-state index in [0.717, 1.165) is 6.07 Å². The molecule has 0 saturated carbocycles. The van der Waals surface area contributed by atoms with E-state index in [1.54, 1.807) is 0 Å². The predicted molar refractivity (Wildman–Crippen MR) is 69.8 cm³/mol. The minimum atomic E-state index is -0.626. The molecule has 19 heavy (non-hydrogen) atoms. The third kappa shape index (κ3) is 3.42. The number of carbonyl (C=O) groups is 1. The van der Waals surface area contributed by atoms with Crippen LogP contribution < -0.4 is 5.32 Å². The highest BCUT2D eigenvalue weighted by Gasteiger charge is 2.18. The van der Waals surface area contributed by atoms with Crippen LogP contribution in [0, 0.1) is 21.4 Å². The number of nitro benzene ring substituents is 1. The molecule has 0 heterocycles. The van der Waals surface area contributed by atoms with Gasteiger partial charge < -0.3 is 10.2 Å². The minimum absolute atomic E-state index is 0.0842. The summed E-state index contributed by atoms with van der Waals surface area (Å²) >= 11 is 0. The molecular weight excluding hydrogens is 248 g/mol. The molecule has 0 unspecified atom stereocenters. The van der Waals surface area contributed by atoms with Crippen molar-refractivity contribution in [3.05, 3.63) is 33.9 Å². The molecule has 0 aliphatic carbocycles. The molecule has 0 aliphatic heterocycles. The number of benzene rings is 1. The van der Waals surface area contributed by atoms with Crippen molar-refractivity contribution < 1.29 is 9.72 Å². The number of nitrogens with zero attached hydrogens (tertiary/aromatic N) is 3. The fourth-order valence-electron chi connectivity index (χ4n) is 1.56. The summed E-state index contributed by atoms with van der Waals surface area (Å²) in [6.07, 6.45) is 0. The first-order valence-corrected chi connectivity index (χ1v) is 5.77. The van der Waals surface area contributed by atoms with Crippen LogP contribution in [0.25, 0.3) is 0 Å². The molecule has 7 heteroatoms.